The lowest BCUT2D eigenvalue weighted by Crippen LogP contribution is -2.35. The van der Waals surface area contributed by atoms with Gasteiger partial charge >= 0.3 is 6.09 Å². The highest BCUT2D eigenvalue weighted by Gasteiger charge is 2.14. The second-order valence-electron chi connectivity index (χ2n) is 3.78. The van der Waals surface area contributed by atoms with Crippen LogP contribution in [0.3, 0.4) is 0 Å². The Kier molecular flexibility index (Phi) is 3.89. The molecule has 1 fully saturated rings. The van der Waals surface area contributed by atoms with Gasteiger partial charge in [-0.05, 0) is 6.07 Å². The van der Waals surface area contributed by atoms with Gasteiger partial charge in [0, 0.05) is 31.4 Å². The SMILES string of the molecule is NC(=O)Oc1ncccc1CN1CCOCC1. The molecule has 0 radical (unpaired) electrons. The van der Waals surface area contributed by atoms with Gasteiger partial charge in [-0.1, -0.05) is 6.07 Å². The van der Waals surface area contributed by atoms with E-state index in [1.54, 1.807) is 6.20 Å². The molecule has 17 heavy (non-hydrogen) atoms. The first-order chi connectivity index (χ1) is 8.25. The fraction of sp³-hybridized carbons (Fsp3) is 0.455. The second kappa shape index (κ2) is 5.60. The van der Waals surface area contributed by atoms with Crippen LogP contribution in [0.4, 0.5) is 4.79 Å². The van der Waals surface area contributed by atoms with Gasteiger partial charge in [0.15, 0.2) is 0 Å². The molecule has 1 aromatic heterocycles. The van der Waals surface area contributed by atoms with Crippen LogP contribution in [-0.4, -0.2) is 42.3 Å². The average Bonchev–Trinajstić information content (AvgIpc) is 2.32. The fourth-order valence-corrected chi connectivity index (χ4v) is 1.73. The molecule has 0 atom stereocenters. The van der Waals surface area contributed by atoms with E-state index in [1.807, 2.05) is 12.1 Å². The van der Waals surface area contributed by atoms with Crippen molar-refractivity contribution in [3.05, 3.63) is 23.9 Å². The molecule has 2 heterocycles. The van der Waals surface area contributed by atoms with Gasteiger partial charge in [0.25, 0.3) is 0 Å². The number of carbonyl (C=O) groups is 1. The Morgan fingerprint density at radius 2 is 2.29 bits per heavy atom. The largest absolute Gasteiger partial charge is 0.411 e. The summed E-state index contributed by atoms with van der Waals surface area (Å²) in [5.74, 6) is 0.284. The topological polar surface area (TPSA) is 77.7 Å². The second-order valence-corrected chi connectivity index (χ2v) is 3.78. The molecule has 0 bridgehead atoms. The van der Waals surface area contributed by atoms with Crippen LogP contribution in [0.2, 0.25) is 0 Å². The van der Waals surface area contributed by atoms with Crippen LogP contribution in [0.25, 0.3) is 0 Å². The Balaban J connectivity index is 2.05. The summed E-state index contributed by atoms with van der Waals surface area (Å²) in [4.78, 5) is 17.0. The van der Waals surface area contributed by atoms with E-state index < -0.39 is 6.09 Å². The first-order valence-electron chi connectivity index (χ1n) is 5.47. The van der Waals surface area contributed by atoms with Crippen molar-refractivity contribution in [2.75, 3.05) is 26.3 Å². The number of hydrogen-bond acceptors (Lipinski definition) is 5. The maximum atomic E-state index is 10.7. The predicted octanol–water partition coefficient (Wildman–Crippen LogP) is 0.371. The number of pyridine rings is 1. The molecule has 6 nitrogen and oxygen atoms in total. The Morgan fingerprint density at radius 3 is 3.00 bits per heavy atom. The van der Waals surface area contributed by atoms with Gasteiger partial charge in [0.1, 0.15) is 0 Å². The summed E-state index contributed by atoms with van der Waals surface area (Å²) in [7, 11) is 0. The summed E-state index contributed by atoms with van der Waals surface area (Å²) in [6, 6.07) is 3.68. The number of carbonyl (C=O) groups excluding carboxylic acids is 1. The van der Waals surface area contributed by atoms with E-state index in [9.17, 15) is 4.79 Å². The zero-order valence-corrected chi connectivity index (χ0v) is 9.46. The molecule has 0 unspecified atom stereocenters. The quantitative estimate of drug-likeness (QED) is 0.821. The van der Waals surface area contributed by atoms with E-state index in [4.69, 9.17) is 15.2 Å². The minimum absolute atomic E-state index is 0.284. The maximum absolute atomic E-state index is 10.7. The summed E-state index contributed by atoms with van der Waals surface area (Å²) in [5, 5.41) is 0. The highest BCUT2D eigenvalue weighted by atomic mass is 16.6. The lowest BCUT2D eigenvalue weighted by molar-refractivity contribution is 0.0338. The Morgan fingerprint density at radius 1 is 1.53 bits per heavy atom. The van der Waals surface area contributed by atoms with Crippen LogP contribution in [0.15, 0.2) is 18.3 Å². The van der Waals surface area contributed by atoms with Gasteiger partial charge in [0.2, 0.25) is 5.88 Å². The van der Waals surface area contributed by atoms with E-state index in [1.165, 1.54) is 0 Å². The summed E-state index contributed by atoms with van der Waals surface area (Å²) >= 11 is 0. The number of primary amides is 1. The van der Waals surface area contributed by atoms with Crippen molar-refractivity contribution in [3.63, 3.8) is 0 Å². The first kappa shape index (κ1) is 11.8. The van der Waals surface area contributed by atoms with Gasteiger partial charge in [-0.3, -0.25) is 4.90 Å². The number of morpholine rings is 1. The van der Waals surface area contributed by atoms with Crippen LogP contribution in [-0.2, 0) is 11.3 Å². The molecule has 0 spiro atoms. The van der Waals surface area contributed by atoms with Crippen molar-refractivity contribution in [1.29, 1.82) is 0 Å². The molecular weight excluding hydrogens is 222 g/mol. The van der Waals surface area contributed by atoms with Crippen LogP contribution in [0.1, 0.15) is 5.56 Å². The third-order valence-electron chi connectivity index (χ3n) is 2.54. The number of nitrogens with zero attached hydrogens (tertiary/aromatic N) is 2. The normalized spacial score (nSPS) is 16.7. The van der Waals surface area contributed by atoms with E-state index in [-0.39, 0.29) is 5.88 Å². The van der Waals surface area contributed by atoms with Crippen LogP contribution >= 0.6 is 0 Å². The van der Waals surface area contributed by atoms with Crippen molar-refractivity contribution < 1.29 is 14.3 Å². The van der Waals surface area contributed by atoms with Crippen molar-refractivity contribution in [3.8, 4) is 5.88 Å². The molecule has 0 saturated carbocycles. The minimum atomic E-state index is -0.841. The zero-order valence-electron chi connectivity index (χ0n) is 9.46. The third kappa shape index (κ3) is 3.40. The zero-order chi connectivity index (χ0) is 12.1. The van der Waals surface area contributed by atoms with E-state index in [0.717, 1.165) is 31.9 Å². The number of amides is 1. The summed E-state index contributed by atoms with van der Waals surface area (Å²) < 4.78 is 10.1. The summed E-state index contributed by atoms with van der Waals surface area (Å²) in [5.41, 5.74) is 5.85. The van der Waals surface area contributed by atoms with Crippen LogP contribution in [0.5, 0.6) is 5.88 Å². The lowest BCUT2D eigenvalue weighted by atomic mass is 10.2. The van der Waals surface area contributed by atoms with Crippen molar-refractivity contribution in [1.82, 2.24) is 9.88 Å². The highest BCUT2D eigenvalue weighted by Crippen LogP contribution is 2.17. The molecule has 1 aliphatic rings. The van der Waals surface area contributed by atoms with E-state index >= 15 is 0 Å². The third-order valence-corrected chi connectivity index (χ3v) is 2.54. The van der Waals surface area contributed by atoms with Gasteiger partial charge < -0.3 is 15.2 Å². The van der Waals surface area contributed by atoms with Gasteiger partial charge in [-0.2, -0.15) is 0 Å². The molecule has 0 aliphatic carbocycles. The van der Waals surface area contributed by atoms with Crippen molar-refractivity contribution in [2.45, 2.75) is 6.54 Å². The summed E-state index contributed by atoms with van der Waals surface area (Å²) in [6.07, 6.45) is 0.730. The molecule has 2 N–H and O–H groups in total. The number of hydrogen-bond donors (Lipinski definition) is 1. The highest BCUT2D eigenvalue weighted by molar-refractivity contribution is 5.67. The monoisotopic (exact) mass is 237 g/mol. The Hall–Kier alpha value is -1.66. The van der Waals surface area contributed by atoms with E-state index in [2.05, 4.69) is 9.88 Å². The molecular formula is C11H15N3O3. The van der Waals surface area contributed by atoms with Crippen molar-refractivity contribution >= 4 is 6.09 Å². The average molecular weight is 237 g/mol. The van der Waals surface area contributed by atoms with Crippen molar-refractivity contribution in [2.24, 2.45) is 5.73 Å². The first-order valence-corrected chi connectivity index (χ1v) is 5.47. The maximum Gasteiger partial charge on any atom is 0.411 e. The number of nitrogens with two attached hydrogens (primary N) is 1. The standard InChI is InChI=1S/C11H15N3O3/c12-11(15)17-10-9(2-1-3-13-10)8-14-4-6-16-7-5-14/h1-3H,4-8H2,(H2,12,15). The van der Waals surface area contributed by atoms with Gasteiger partial charge in [0.05, 0.1) is 13.2 Å². The Labute approximate surface area is 99.3 Å². The molecule has 1 aliphatic heterocycles. The minimum Gasteiger partial charge on any atom is -0.391 e. The number of rotatable bonds is 3. The lowest BCUT2D eigenvalue weighted by Gasteiger charge is -2.26. The number of aromatic nitrogens is 1. The van der Waals surface area contributed by atoms with Gasteiger partial charge in [-0.15, -0.1) is 0 Å². The van der Waals surface area contributed by atoms with Gasteiger partial charge in [-0.25, -0.2) is 9.78 Å². The smallest absolute Gasteiger partial charge is 0.391 e. The fourth-order valence-electron chi connectivity index (χ4n) is 1.73. The number of ether oxygens (including phenoxy) is 2. The van der Waals surface area contributed by atoms with E-state index in [0.29, 0.717) is 6.54 Å². The van der Waals surface area contributed by atoms with Crippen LogP contribution in [0, 0.1) is 0 Å². The molecule has 1 aromatic rings. The molecule has 2 rings (SSSR count). The summed E-state index contributed by atoms with van der Waals surface area (Å²) in [6.45, 7) is 3.87. The molecule has 1 amide bonds. The molecule has 6 heteroatoms. The Bertz CT molecular complexity index is 391. The molecule has 1 saturated heterocycles. The molecule has 92 valence electrons. The van der Waals surface area contributed by atoms with Crippen LogP contribution < -0.4 is 10.5 Å². The predicted molar refractivity (Wildman–Crippen MR) is 60.5 cm³/mol. The molecule has 0 aromatic carbocycles.